The van der Waals surface area contributed by atoms with Gasteiger partial charge in [0.1, 0.15) is 0 Å². The molecule has 6 heteroatoms. The highest BCUT2D eigenvalue weighted by Crippen LogP contribution is 2.36. The Labute approximate surface area is 189 Å². The first-order chi connectivity index (χ1) is 16.0. The van der Waals surface area contributed by atoms with Gasteiger partial charge in [-0.05, 0) is 60.7 Å². The lowest BCUT2D eigenvalue weighted by atomic mass is 10.0. The Balaban J connectivity index is 1.27. The second-order valence-electron chi connectivity index (χ2n) is 8.09. The summed E-state index contributed by atoms with van der Waals surface area (Å²) >= 11 is 0. The Hall–Kier alpha value is -3.80. The van der Waals surface area contributed by atoms with E-state index < -0.39 is 11.7 Å². The van der Waals surface area contributed by atoms with E-state index in [4.69, 9.17) is 0 Å². The smallest absolute Gasteiger partial charge is 0.361 e. The number of anilines is 2. The quantitative estimate of drug-likeness (QED) is 0.282. The standard InChI is InChI=1S/C27H22F3N3/c28-27(29,30)23-9-4-8-22-25(15-16-31-26(22)23)33-20-13-11-18(12-14-20)5-3-6-19-17-32-24-10-2-1-7-21(19)24/h1-2,4,7-17,32H,3,5-6H2,(H,31,33). The first-order valence-electron chi connectivity index (χ1n) is 10.8. The number of para-hydroxylation sites is 2. The third-order valence-electron chi connectivity index (χ3n) is 5.90. The van der Waals surface area contributed by atoms with Crippen molar-refractivity contribution >= 4 is 33.2 Å². The molecule has 0 atom stereocenters. The van der Waals surface area contributed by atoms with E-state index in [-0.39, 0.29) is 5.52 Å². The maximum absolute atomic E-state index is 13.3. The fourth-order valence-corrected chi connectivity index (χ4v) is 4.25. The van der Waals surface area contributed by atoms with Crippen LogP contribution in [0.1, 0.15) is 23.1 Å². The molecule has 33 heavy (non-hydrogen) atoms. The zero-order valence-electron chi connectivity index (χ0n) is 17.8. The molecular weight excluding hydrogens is 423 g/mol. The minimum Gasteiger partial charge on any atom is -0.361 e. The van der Waals surface area contributed by atoms with Crippen molar-refractivity contribution in [3.63, 3.8) is 0 Å². The molecule has 0 fully saturated rings. The number of fused-ring (bicyclic) bond motifs is 2. The third kappa shape index (κ3) is 4.42. The Morgan fingerprint density at radius 3 is 2.42 bits per heavy atom. The summed E-state index contributed by atoms with van der Waals surface area (Å²) in [7, 11) is 0. The summed E-state index contributed by atoms with van der Waals surface area (Å²) < 4.78 is 40.0. The highest BCUT2D eigenvalue weighted by molar-refractivity contribution is 5.94. The van der Waals surface area contributed by atoms with E-state index in [0.717, 1.165) is 36.5 Å². The zero-order chi connectivity index (χ0) is 22.8. The maximum atomic E-state index is 13.3. The van der Waals surface area contributed by atoms with Gasteiger partial charge in [-0.15, -0.1) is 0 Å². The van der Waals surface area contributed by atoms with Crippen LogP contribution in [0, 0.1) is 0 Å². The predicted molar refractivity (Wildman–Crippen MR) is 127 cm³/mol. The number of pyridine rings is 1. The molecule has 2 N–H and O–H groups in total. The zero-order valence-corrected chi connectivity index (χ0v) is 17.8. The number of aromatic amines is 1. The van der Waals surface area contributed by atoms with Gasteiger partial charge in [0.2, 0.25) is 0 Å². The van der Waals surface area contributed by atoms with Crippen LogP contribution in [0.5, 0.6) is 0 Å². The van der Waals surface area contributed by atoms with Crippen molar-refractivity contribution in [3.8, 4) is 0 Å². The summed E-state index contributed by atoms with van der Waals surface area (Å²) in [6, 6.07) is 22.2. The van der Waals surface area contributed by atoms with Gasteiger partial charge in [0, 0.05) is 40.1 Å². The molecule has 2 heterocycles. The van der Waals surface area contributed by atoms with Gasteiger partial charge in [-0.2, -0.15) is 13.2 Å². The molecule has 0 saturated carbocycles. The third-order valence-corrected chi connectivity index (χ3v) is 5.90. The van der Waals surface area contributed by atoms with Crippen LogP contribution in [-0.4, -0.2) is 9.97 Å². The van der Waals surface area contributed by atoms with Crippen molar-refractivity contribution in [1.82, 2.24) is 9.97 Å². The average molecular weight is 445 g/mol. The minimum absolute atomic E-state index is 0.0519. The SMILES string of the molecule is FC(F)(F)c1cccc2c(Nc3ccc(CCCc4c[nH]c5ccccc45)cc3)ccnc12. The fraction of sp³-hybridized carbons (Fsp3) is 0.148. The van der Waals surface area contributed by atoms with Gasteiger partial charge in [-0.3, -0.25) is 4.98 Å². The lowest BCUT2D eigenvalue weighted by Gasteiger charge is -2.13. The maximum Gasteiger partial charge on any atom is 0.418 e. The molecule has 5 rings (SSSR count). The molecule has 0 amide bonds. The monoisotopic (exact) mass is 445 g/mol. The van der Waals surface area contributed by atoms with E-state index in [2.05, 4.69) is 51.8 Å². The summed E-state index contributed by atoms with van der Waals surface area (Å²) in [5.41, 5.74) is 4.34. The number of benzene rings is 3. The number of alkyl halides is 3. The van der Waals surface area contributed by atoms with Gasteiger partial charge in [-0.1, -0.05) is 42.5 Å². The summed E-state index contributed by atoms with van der Waals surface area (Å²) in [6.45, 7) is 0. The molecule has 166 valence electrons. The molecule has 3 aromatic carbocycles. The number of hydrogen-bond acceptors (Lipinski definition) is 2. The number of aromatic nitrogens is 2. The van der Waals surface area contributed by atoms with E-state index in [0.29, 0.717) is 11.1 Å². The molecule has 0 radical (unpaired) electrons. The number of H-pyrrole nitrogens is 1. The number of rotatable bonds is 6. The molecule has 0 bridgehead atoms. The van der Waals surface area contributed by atoms with Gasteiger partial charge >= 0.3 is 6.18 Å². The Kier molecular flexibility index (Phi) is 5.50. The molecular formula is C27H22F3N3. The molecule has 0 aliphatic carbocycles. The Bertz CT molecular complexity index is 1400. The van der Waals surface area contributed by atoms with Crippen LogP contribution >= 0.6 is 0 Å². The van der Waals surface area contributed by atoms with Crippen LogP contribution in [0.25, 0.3) is 21.8 Å². The average Bonchev–Trinajstić information content (AvgIpc) is 3.23. The molecule has 0 saturated heterocycles. The Morgan fingerprint density at radius 2 is 1.61 bits per heavy atom. The summed E-state index contributed by atoms with van der Waals surface area (Å²) in [6.07, 6.45) is 2.02. The molecule has 0 aliphatic rings. The number of halogens is 3. The largest absolute Gasteiger partial charge is 0.418 e. The molecule has 0 unspecified atom stereocenters. The molecule has 0 aliphatic heterocycles. The van der Waals surface area contributed by atoms with Crippen LogP contribution in [0.15, 0.2) is 85.2 Å². The second kappa shape index (κ2) is 8.62. The van der Waals surface area contributed by atoms with E-state index in [1.165, 1.54) is 28.8 Å². The fourth-order valence-electron chi connectivity index (χ4n) is 4.25. The van der Waals surface area contributed by atoms with Crippen molar-refractivity contribution < 1.29 is 13.2 Å². The number of hydrogen-bond donors (Lipinski definition) is 2. The molecule has 2 aromatic heterocycles. The number of nitrogens with zero attached hydrogens (tertiary/aromatic N) is 1. The van der Waals surface area contributed by atoms with E-state index >= 15 is 0 Å². The van der Waals surface area contributed by atoms with Gasteiger partial charge in [0.25, 0.3) is 0 Å². The molecule has 0 spiro atoms. The lowest BCUT2D eigenvalue weighted by molar-refractivity contribution is -0.136. The van der Waals surface area contributed by atoms with Gasteiger partial charge in [0.15, 0.2) is 0 Å². The van der Waals surface area contributed by atoms with Crippen LogP contribution in [0.4, 0.5) is 24.5 Å². The van der Waals surface area contributed by atoms with Gasteiger partial charge in [0.05, 0.1) is 11.1 Å². The highest BCUT2D eigenvalue weighted by Gasteiger charge is 2.33. The summed E-state index contributed by atoms with van der Waals surface area (Å²) in [5, 5.41) is 4.95. The van der Waals surface area contributed by atoms with Gasteiger partial charge in [-0.25, -0.2) is 0 Å². The van der Waals surface area contributed by atoms with Crippen molar-refractivity contribution in [3.05, 3.63) is 102 Å². The number of aryl methyl sites for hydroxylation is 2. The van der Waals surface area contributed by atoms with Crippen LogP contribution in [-0.2, 0) is 19.0 Å². The Morgan fingerprint density at radius 1 is 0.818 bits per heavy atom. The van der Waals surface area contributed by atoms with Crippen LogP contribution in [0.3, 0.4) is 0 Å². The topological polar surface area (TPSA) is 40.7 Å². The second-order valence-corrected chi connectivity index (χ2v) is 8.09. The van der Waals surface area contributed by atoms with E-state index in [1.807, 2.05) is 18.2 Å². The minimum atomic E-state index is -4.44. The van der Waals surface area contributed by atoms with E-state index in [1.54, 1.807) is 12.1 Å². The van der Waals surface area contributed by atoms with E-state index in [9.17, 15) is 13.2 Å². The first-order valence-corrected chi connectivity index (χ1v) is 10.8. The normalized spacial score (nSPS) is 11.8. The summed E-state index contributed by atoms with van der Waals surface area (Å²) in [5.74, 6) is 0. The summed E-state index contributed by atoms with van der Waals surface area (Å²) in [4.78, 5) is 7.29. The lowest BCUT2D eigenvalue weighted by Crippen LogP contribution is -2.07. The van der Waals surface area contributed by atoms with Crippen molar-refractivity contribution in [2.75, 3.05) is 5.32 Å². The van der Waals surface area contributed by atoms with Crippen LogP contribution < -0.4 is 5.32 Å². The number of nitrogens with one attached hydrogen (secondary N) is 2. The van der Waals surface area contributed by atoms with Crippen molar-refractivity contribution in [2.24, 2.45) is 0 Å². The first kappa shape index (κ1) is 21.1. The van der Waals surface area contributed by atoms with Crippen LogP contribution in [0.2, 0.25) is 0 Å². The van der Waals surface area contributed by atoms with Crippen molar-refractivity contribution in [2.45, 2.75) is 25.4 Å². The molecule has 5 aromatic rings. The molecule has 3 nitrogen and oxygen atoms in total. The predicted octanol–water partition coefficient (Wildman–Crippen LogP) is 7.65. The van der Waals surface area contributed by atoms with Crippen molar-refractivity contribution in [1.29, 1.82) is 0 Å². The van der Waals surface area contributed by atoms with Gasteiger partial charge < -0.3 is 10.3 Å². The highest BCUT2D eigenvalue weighted by atomic mass is 19.4.